The lowest BCUT2D eigenvalue weighted by Gasteiger charge is -2.11. The molecule has 1 aromatic carbocycles. The number of ether oxygens (including phenoxy) is 1. The second kappa shape index (κ2) is 7.28. The molecule has 0 radical (unpaired) electrons. The zero-order valence-corrected chi connectivity index (χ0v) is 12.3. The third-order valence-corrected chi connectivity index (χ3v) is 2.56. The van der Waals surface area contributed by atoms with Crippen LogP contribution < -0.4 is 15.4 Å². The number of hydrogen-bond donors (Lipinski definition) is 2. The summed E-state index contributed by atoms with van der Waals surface area (Å²) in [7, 11) is 0. The van der Waals surface area contributed by atoms with Gasteiger partial charge in [0.1, 0.15) is 11.6 Å². The molecule has 0 fully saturated rings. The van der Waals surface area contributed by atoms with Crippen molar-refractivity contribution < 1.29 is 4.74 Å². The molecule has 5 nitrogen and oxygen atoms in total. The van der Waals surface area contributed by atoms with Crippen LogP contribution in [-0.2, 0) is 0 Å². The van der Waals surface area contributed by atoms with E-state index >= 15 is 0 Å². The van der Waals surface area contributed by atoms with Gasteiger partial charge in [-0.1, -0.05) is 6.08 Å². The van der Waals surface area contributed by atoms with E-state index in [0.29, 0.717) is 12.5 Å². The summed E-state index contributed by atoms with van der Waals surface area (Å²) in [6, 6.07) is 9.59. The molecule has 2 N–H and O–H groups in total. The van der Waals surface area contributed by atoms with E-state index in [0.717, 1.165) is 17.3 Å². The number of anilines is 3. The quantitative estimate of drug-likeness (QED) is 0.761. The van der Waals surface area contributed by atoms with Crippen LogP contribution in [0.3, 0.4) is 0 Å². The molecule has 0 aliphatic heterocycles. The maximum Gasteiger partial charge on any atom is 0.224 e. The fourth-order valence-corrected chi connectivity index (χ4v) is 1.71. The number of hydrogen-bond acceptors (Lipinski definition) is 5. The summed E-state index contributed by atoms with van der Waals surface area (Å²) in [5.74, 6) is 2.15. The average Bonchev–Trinajstić information content (AvgIpc) is 2.47. The molecule has 2 aromatic rings. The predicted molar refractivity (Wildman–Crippen MR) is 86.2 cm³/mol. The highest BCUT2D eigenvalue weighted by Gasteiger charge is 2.01. The van der Waals surface area contributed by atoms with Crippen LogP contribution in [0.1, 0.15) is 13.8 Å². The first-order valence-corrected chi connectivity index (χ1v) is 6.89. The van der Waals surface area contributed by atoms with Crippen LogP contribution in [0, 0.1) is 0 Å². The van der Waals surface area contributed by atoms with Crippen molar-refractivity contribution in [3.05, 3.63) is 49.2 Å². The summed E-state index contributed by atoms with van der Waals surface area (Å²) in [4.78, 5) is 8.50. The molecule has 110 valence electrons. The van der Waals surface area contributed by atoms with E-state index < -0.39 is 0 Å². The van der Waals surface area contributed by atoms with E-state index in [2.05, 4.69) is 27.2 Å². The van der Waals surface area contributed by atoms with Gasteiger partial charge in [-0.25, -0.2) is 4.98 Å². The second-order valence-corrected chi connectivity index (χ2v) is 4.75. The van der Waals surface area contributed by atoms with Crippen LogP contribution in [0.2, 0.25) is 0 Å². The Kier molecular flexibility index (Phi) is 5.15. The number of benzene rings is 1. The lowest BCUT2D eigenvalue weighted by Crippen LogP contribution is -2.05. The van der Waals surface area contributed by atoms with Crippen molar-refractivity contribution in [3.63, 3.8) is 0 Å². The Morgan fingerprint density at radius 1 is 1.24 bits per heavy atom. The van der Waals surface area contributed by atoms with E-state index in [9.17, 15) is 0 Å². The highest BCUT2D eigenvalue weighted by Crippen LogP contribution is 2.20. The molecule has 5 heteroatoms. The zero-order chi connectivity index (χ0) is 15.1. The van der Waals surface area contributed by atoms with E-state index in [1.54, 1.807) is 12.3 Å². The van der Waals surface area contributed by atoms with Crippen molar-refractivity contribution in [1.82, 2.24) is 9.97 Å². The van der Waals surface area contributed by atoms with Gasteiger partial charge in [0.2, 0.25) is 5.95 Å². The smallest absolute Gasteiger partial charge is 0.224 e. The van der Waals surface area contributed by atoms with Crippen molar-refractivity contribution in [2.45, 2.75) is 20.0 Å². The Bertz CT molecular complexity index is 581. The molecule has 2 rings (SSSR count). The highest BCUT2D eigenvalue weighted by molar-refractivity contribution is 5.57. The number of aromatic nitrogens is 2. The minimum absolute atomic E-state index is 0.171. The first-order valence-electron chi connectivity index (χ1n) is 6.89. The van der Waals surface area contributed by atoms with Gasteiger partial charge in [-0.05, 0) is 44.2 Å². The first kappa shape index (κ1) is 14.8. The van der Waals surface area contributed by atoms with Gasteiger partial charge >= 0.3 is 0 Å². The van der Waals surface area contributed by atoms with Gasteiger partial charge in [0.05, 0.1) is 6.10 Å². The Morgan fingerprint density at radius 2 is 2.00 bits per heavy atom. The number of nitrogens with zero attached hydrogens (tertiary/aromatic N) is 2. The largest absolute Gasteiger partial charge is 0.491 e. The predicted octanol–water partition coefficient (Wildman–Crippen LogP) is 3.61. The van der Waals surface area contributed by atoms with Gasteiger partial charge in [0, 0.05) is 18.4 Å². The monoisotopic (exact) mass is 284 g/mol. The Balaban J connectivity index is 2.02. The van der Waals surface area contributed by atoms with E-state index in [-0.39, 0.29) is 6.10 Å². The lowest BCUT2D eigenvalue weighted by atomic mass is 10.3. The summed E-state index contributed by atoms with van der Waals surface area (Å²) in [6.45, 7) is 8.29. The van der Waals surface area contributed by atoms with Crippen LogP contribution in [-0.4, -0.2) is 22.6 Å². The van der Waals surface area contributed by atoms with Gasteiger partial charge in [-0.15, -0.1) is 6.58 Å². The van der Waals surface area contributed by atoms with Gasteiger partial charge in [-0.3, -0.25) is 0 Å². The van der Waals surface area contributed by atoms with Crippen molar-refractivity contribution in [1.29, 1.82) is 0 Å². The van der Waals surface area contributed by atoms with Gasteiger partial charge < -0.3 is 15.4 Å². The van der Waals surface area contributed by atoms with Crippen molar-refractivity contribution in [2.24, 2.45) is 0 Å². The van der Waals surface area contributed by atoms with Crippen LogP contribution in [0.4, 0.5) is 17.5 Å². The summed E-state index contributed by atoms with van der Waals surface area (Å²) < 4.78 is 5.61. The third kappa shape index (κ3) is 4.80. The maximum absolute atomic E-state index is 5.61. The minimum Gasteiger partial charge on any atom is -0.491 e. The Morgan fingerprint density at radius 3 is 2.67 bits per heavy atom. The van der Waals surface area contributed by atoms with Crippen LogP contribution in [0.15, 0.2) is 49.2 Å². The summed E-state index contributed by atoms with van der Waals surface area (Å²) in [6.07, 6.45) is 3.64. The van der Waals surface area contributed by atoms with Crippen molar-refractivity contribution in [3.8, 4) is 5.75 Å². The second-order valence-electron chi connectivity index (χ2n) is 4.75. The molecule has 21 heavy (non-hydrogen) atoms. The molecule has 0 saturated carbocycles. The molecule has 0 atom stereocenters. The zero-order valence-electron chi connectivity index (χ0n) is 12.3. The molecular weight excluding hydrogens is 264 g/mol. The van der Waals surface area contributed by atoms with Crippen molar-refractivity contribution in [2.75, 3.05) is 17.2 Å². The standard InChI is InChI=1S/C16H20N4O/c1-4-10-17-16-18-11-9-15(20-16)19-13-5-7-14(8-6-13)21-12(2)3/h4-9,11-12H,1,10H2,2-3H3,(H2,17,18,19,20). The van der Waals surface area contributed by atoms with E-state index in [1.165, 1.54) is 0 Å². The van der Waals surface area contributed by atoms with Crippen LogP contribution >= 0.6 is 0 Å². The molecule has 0 aliphatic carbocycles. The highest BCUT2D eigenvalue weighted by atomic mass is 16.5. The normalized spacial score (nSPS) is 10.2. The average molecular weight is 284 g/mol. The SMILES string of the molecule is C=CCNc1nccc(Nc2ccc(OC(C)C)cc2)n1. The van der Waals surface area contributed by atoms with Gasteiger partial charge in [0.25, 0.3) is 0 Å². The van der Waals surface area contributed by atoms with Gasteiger partial charge in [-0.2, -0.15) is 4.98 Å². The molecule has 1 heterocycles. The molecule has 1 aromatic heterocycles. The molecule has 0 saturated heterocycles. The van der Waals surface area contributed by atoms with Crippen LogP contribution in [0.25, 0.3) is 0 Å². The van der Waals surface area contributed by atoms with E-state index in [1.807, 2.05) is 44.2 Å². The molecular formula is C16H20N4O. The first-order chi connectivity index (χ1) is 10.2. The number of rotatable bonds is 7. The Labute approximate surface area is 125 Å². The minimum atomic E-state index is 0.171. The lowest BCUT2D eigenvalue weighted by molar-refractivity contribution is 0.242. The summed E-state index contributed by atoms with van der Waals surface area (Å²) >= 11 is 0. The maximum atomic E-state index is 5.61. The van der Waals surface area contributed by atoms with Crippen LogP contribution in [0.5, 0.6) is 5.75 Å². The molecule has 0 amide bonds. The molecule has 0 bridgehead atoms. The summed E-state index contributed by atoms with van der Waals surface area (Å²) in [5.41, 5.74) is 0.944. The van der Waals surface area contributed by atoms with E-state index in [4.69, 9.17) is 4.74 Å². The fraction of sp³-hybridized carbons (Fsp3) is 0.250. The number of nitrogens with one attached hydrogen (secondary N) is 2. The Hall–Kier alpha value is -2.56. The summed E-state index contributed by atoms with van der Waals surface area (Å²) in [5, 5.41) is 6.28. The fourth-order valence-electron chi connectivity index (χ4n) is 1.71. The van der Waals surface area contributed by atoms with Gasteiger partial charge in [0.15, 0.2) is 0 Å². The molecule has 0 unspecified atom stereocenters. The molecule has 0 aliphatic rings. The molecule has 0 spiro atoms. The topological polar surface area (TPSA) is 59.1 Å². The third-order valence-electron chi connectivity index (χ3n) is 2.56. The van der Waals surface area contributed by atoms with Crippen molar-refractivity contribution >= 4 is 17.5 Å².